The minimum absolute atomic E-state index is 0.186. The second-order valence-electron chi connectivity index (χ2n) is 4.49. The van der Waals surface area contributed by atoms with Crippen LogP contribution in [-0.4, -0.2) is 9.55 Å². The monoisotopic (exact) mass is 337 g/mol. The van der Waals surface area contributed by atoms with E-state index in [2.05, 4.69) is 20.9 Å². The Labute approximate surface area is 122 Å². The molecule has 1 aromatic heterocycles. The van der Waals surface area contributed by atoms with Crippen LogP contribution in [0.3, 0.4) is 0 Å². The summed E-state index contributed by atoms with van der Waals surface area (Å²) in [6.45, 7) is 1.83. The lowest BCUT2D eigenvalue weighted by molar-refractivity contribution is 0.622. The van der Waals surface area contributed by atoms with E-state index in [1.165, 1.54) is 18.2 Å². The average molecular weight is 338 g/mol. The molecule has 3 rings (SSSR count). The second kappa shape index (κ2) is 4.56. The number of aryl methyl sites for hydroxylation is 1. The Bertz CT molecular complexity index is 827. The Balaban J connectivity index is 2.38. The van der Waals surface area contributed by atoms with Gasteiger partial charge in [-0.2, -0.15) is 0 Å². The van der Waals surface area contributed by atoms with Crippen LogP contribution in [0, 0.1) is 18.6 Å². The summed E-state index contributed by atoms with van der Waals surface area (Å²) in [5, 5.41) is 0. The van der Waals surface area contributed by atoms with Crippen molar-refractivity contribution in [2.24, 2.45) is 0 Å². The van der Waals surface area contributed by atoms with Crippen molar-refractivity contribution in [1.82, 2.24) is 9.55 Å². The molecule has 0 unspecified atom stereocenters. The van der Waals surface area contributed by atoms with Crippen molar-refractivity contribution in [1.29, 1.82) is 0 Å². The molecular weight excluding hydrogens is 328 g/mol. The van der Waals surface area contributed by atoms with Gasteiger partial charge >= 0.3 is 0 Å². The SMILES string of the molecule is Cc1ccc(F)cc1-n1c(N)nc2cc(Br)c(F)cc21. The van der Waals surface area contributed by atoms with Gasteiger partial charge in [0.15, 0.2) is 0 Å². The lowest BCUT2D eigenvalue weighted by Crippen LogP contribution is -2.03. The molecule has 20 heavy (non-hydrogen) atoms. The van der Waals surface area contributed by atoms with Crippen LogP contribution in [0.5, 0.6) is 0 Å². The first kappa shape index (κ1) is 13.1. The number of rotatable bonds is 1. The molecule has 3 aromatic rings. The molecule has 0 aliphatic heterocycles. The Morgan fingerprint density at radius 3 is 2.70 bits per heavy atom. The molecule has 0 saturated heterocycles. The highest BCUT2D eigenvalue weighted by Gasteiger charge is 2.15. The molecule has 0 aliphatic carbocycles. The molecule has 0 atom stereocenters. The van der Waals surface area contributed by atoms with Gasteiger partial charge in [0.2, 0.25) is 5.95 Å². The van der Waals surface area contributed by atoms with Crippen molar-refractivity contribution >= 4 is 32.9 Å². The minimum Gasteiger partial charge on any atom is -0.369 e. The Morgan fingerprint density at radius 2 is 1.95 bits per heavy atom. The molecular formula is C14H10BrF2N3. The summed E-state index contributed by atoms with van der Waals surface area (Å²) in [5.74, 6) is -0.622. The molecule has 102 valence electrons. The topological polar surface area (TPSA) is 43.8 Å². The molecule has 0 bridgehead atoms. The quantitative estimate of drug-likeness (QED) is 0.730. The first-order chi connectivity index (χ1) is 9.47. The lowest BCUT2D eigenvalue weighted by Gasteiger charge is -2.10. The van der Waals surface area contributed by atoms with E-state index < -0.39 is 5.82 Å². The summed E-state index contributed by atoms with van der Waals surface area (Å²) in [7, 11) is 0. The summed E-state index contributed by atoms with van der Waals surface area (Å²) in [6, 6.07) is 7.24. The minimum atomic E-state index is -0.423. The van der Waals surface area contributed by atoms with E-state index in [9.17, 15) is 8.78 Å². The van der Waals surface area contributed by atoms with Crippen LogP contribution in [0.2, 0.25) is 0 Å². The van der Waals surface area contributed by atoms with Crippen LogP contribution in [0.25, 0.3) is 16.7 Å². The van der Waals surface area contributed by atoms with Crippen molar-refractivity contribution in [3.63, 3.8) is 0 Å². The van der Waals surface area contributed by atoms with Gasteiger partial charge in [-0.1, -0.05) is 6.07 Å². The molecule has 0 amide bonds. The van der Waals surface area contributed by atoms with E-state index in [1.54, 1.807) is 16.7 Å². The molecule has 0 radical (unpaired) electrons. The van der Waals surface area contributed by atoms with Gasteiger partial charge in [-0.25, -0.2) is 13.8 Å². The summed E-state index contributed by atoms with van der Waals surface area (Å²) in [5.41, 5.74) is 8.30. The Hall–Kier alpha value is -1.95. The summed E-state index contributed by atoms with van der Waals surface area (Å²) in [6.07, 6.45) is 0. The summed E-state index contributed by atoms with van der Waals surface area (Å²) < 4.78 is 29.0. The van der Waals surface area contributed by atoms with Gasteiger partial charge in [0.05, 0.1) is 21.2 Å². The van der Waals surface area contributed by atoms with Gasteiger partial charge in [-0.3, -0.25) is 4.57 Å². The molecule has 0 spiro atoms. The van der Waals surface area contributed by atoms with Crippen molar-refractivity contribution in [2.45, 2.75) is 6.92 Å². The number of aromatic nitrogens is 2. The van der Waals surface area contributed by atoms with Crippen LogP contribution < -0.4 is 5.73 Å². The highest BCUT2D eigenvalue weighted by atomic mass is 79.9. The largest absolute Gasteiger partial charge is 0.369 e. The van der Waals surface area contributed by atoms with E-state index in [4.69, 9.17) is 5.73 Å². The summed E-state index contributed by atoms with van der Waals surface area (Å²) >= 11 is 3.11. The van der Waals surface area contributed by atoms with E-state index in [0.717, 1.165) is 5.56 Å². The smallest absolute Gasteiger partial charge is 0.205 e. The molecule has 0 fully saturated rings. The third-order valence-corrected chi connectivity index (χ3v) is 3.74. The van der Waals surface area contributed by atoms with E-state index in [-0.39, 0.29) is 11.8 Å². The number of benzene rings is 2. The van der Waals surface area contributed by atoms with Crippen LogP contribution in [-0.2, 0) is 0 Å². The van der Waals surface area contributed by atoms with Crippen molar-refractivity contribution in [2.75, 3.05) is 5.73 Å². The molecule has 0 saturated carbocycles. The molecule has 0 aliphatic rings. The number of imidazole rings is 1. The maximum absolute atomic E-state index is 13.7. The third kappa shape index (κ3) is 1.96. The van der Waals surface area contributed by atoms with Crippen molar-refractivity contribution in [3.8, 4) is 5.69 Å². The maximum atomic E-state index is 13.7. The third-order valence-electron chi connectivity index (χ3n) is 3.13. The molecule has 1 heterocycles. The number of anilines is 1. The van der Waals surface area contributed by atoms with Crippen LogP contribution in [0.4, 0.5) is 14.7 Å². The second-order valence-corrected chi connectivity index (χ2v) is 5.35. The van der Waals surface area contributed by atoms with Gasteiger partial charge in [0.1, 0.15) is 11.6 Å². The van der Waals surface area contributed by atoms with E-state index in [1.807, 2.05) is 6.92 Å². The van der Waals surface area contributed by atoms with Crippen LogP contribution >= 0.6 is 15.9 Å². The Kier molecular flexibility index (Phi) is 2.97. The number of nitrogen functional groups attached to an aromatic ring is 1. The number of halogens is 3. The van der Waals surface area contributed by atoms with E-state index in [0.29, 0.717) is 21.2 Å². The van der Waals surface area contributed by atoms with E-state index >= 15 is 0 Å². The molecule has 3 nitrogen and oxygen atoms in total. The average Bonchev–Trinajstić information content (AvgIpc) is 2.69. The van der Waals surface area contributed by atoms with Gasteiger partial charge in [-0.15, -0.1) is 0 Å². The van der Waals surface area contributed by atoms with Gasteiger partial charge in [0, 0.05) is 6.07 Å². The highest BCUT2D eigenvalue weighted by Crippen LogP contribution is 2.29. The number of hydrogen-bond acceptors (Lipinski definition) is 2. The fourth-order valence-corrected chi connectivity index (χ4v) is 2.50. The molecule has 6 heteroatoms. The zero-order valence-electron chi connectivity index (χ0n) is 10.5. The number of nitrogens with zero attached hydrogens (tertiary/aromatic N) is 2. The van der Waals surface area contributed by atoms with Crippen molar-refractivity contribution in [3.05, 3.63) is 52.0 Å². The Morgan fingerprint density at radius 1 is 1.20 bits per heavy atom. The van der Waals surface area contributed by atoms with Crippen molar-refractivity contribution < 1.29 is 8.78 Å². The predicted octanol–water partition coefficient (Wildman–Crippen LogP) is 3.96. The van der Waals surface area contributed by atoms with Gasteiger partial charge in [0.25, 0.3) is 0 Å². The standard InChI is InChI=1S/C14H10BrF2N3/c1-7-2-3-8(16)4-12(7)20-13-6-10(17)9(15)5-11(13)19-14(20)18/h2-6H,1H3,(H2,18,19). The zero-order chi connectivity index (χ0) is 14.4. The fourth-order valence-electron chi connectivity index (χ4n) is 2.17. The zero-order valence-corrected chi connectivity index (χ0v) is 12.1. The molecule has 2 aromatic carbocycles. The highest BCUT2D eigenvalue weighted by molar-refractivity contribution is 9.10. The normalized spacial score (nSPS) is 11.2. The summed E-state index contributed by atoms with van der Waals surface area (Å²) in [4.78, 5) is 4.18. The maximum Gasteiger partial charge on any atom is 0.205 e. The first-order valence-corrected chi connectivity index (χ1v) is 6.66. The lowest BCUT2D eigenvalue weighted by atomic mass is 10.2. The number of hydrogen-bond donors (Lipinski definition) is 1. The van der Waals surface area contributed by atoms with Gasteiger partial charge in [-0.05, 0) is 46.6 Å². The number of nitrogens with two attached hydrogens (primary N) is 1. The van der Waals surface area contributed by atoms with Gasteiger partial charge < -0.3 is 5.73 Å². The van der Waals surface area contributed by atoms with Crippen LogP contribution in [0.1, 0.15) is 5.56 Å². The molecule has 2 N–H and O–H groups in total. The van der Waals surface area contributed by atoms with Crippen LogP contribution in [0.15, 0.2) is 34.8 Å². The predicted molar refractivity (Wildman–Crippen MR) is 77.8 cm³/mol. The number of fused-ring (bicyclic) bond motifs is 1. The fraction of sp³-hybridized carbons (Fsp3) is 0.0714. The first-order valence-electron chi connectivity index (χ1n) is 5.87.